The van der Waals surface area contributed by atoms with Gasteiger partial charge in [0.15, 0.2) is 0 Å². The normalized spacial score (nSPS) is 11.3. The molecule has 0 radical (unpaired) electrons. The molecule has 0 bridgehead atoms. The van der Waals surface area contributed by atoms with Crippen molar-refractivity contribution in [2.24, 2.45) is 0 Å². The van der Waals surface area contributed by atoms with Crippen molar-refractivity contribution in [3.63, 3.8) is 0 Å². The van der Waals surface area contributed by atoms with Crippen LogP contribution in [-0.4, -0.2) is 27.3 Å². The first kappa shape index (κ1) is 12.8. The van der Waals surface area contributed by atoms with E-state index in [2.05, 4.69) is 4.72 Å². The van der Waals surface area contributed by atoms with E-state index < -0.39 is 10.0 Å². The van der Waals surface area contributed by atoms with Crippen LogP contribution < -0.4 is 15.2 Å². The number of nitrogen functional groups attached to an aromatic ring is 1. The Labute approximate surface area is 95.7 Å². The summed E-state index contributed by atoms with van der Waals surface area (Å²) in [6, 6.07) is 7.08. The predicted octanol–water partition coefficient (Wildman–Crippen LogP) is 0.587. The van der Waals surface area contributed by atoms with Gasteiger partial charge in [-0.25, -0.2) is 13.1 Å². The highest BCUT2D eigenvalue weighted by Crippen LogP contribution is 2.19. The van der Waals surface area contributed by atoms with E-state index in [1.165, 1.54) is 0 Å². The van der Waals surface area contributed by atoms with Crippen molar-refractivity contribution in [3.05, 3.63) is 24.3 Å². The van der Waals surface area contributed by atoms with Gasteiger partial charge in [0.25, 0.3) is 0 Å². The first-order valence-electron chi connectivity index (χ1n) is 5.00. The molecule has 0 unspecified atom stereocenters. The molecule has 0 aliphatic carbocycles. The second-order valence-corrected chi connectivity index (χ2v) is 5.28. The number of nitrogens with one attached hydrogen (secondary N) is 1. The molecule has 90 valence electrons. The third kappa shape index (κ3) is 4.08. The lowest BCUT2D eigenvalue weighted by Crippen LogP contribution is -2.29. The maximum atomic E-state index is 11.1. The summed E-state index contributed by atoms with van der Waals surface area (Å²) in [6.45, 7) is 2.08. The molecule has 0 heterocycles. The van der Waals surface area contributed by atoms with Gasteiger partial charge in [0.05, 0.1) is 11.4 Å². The molecular weight excluding hydrogens is 228 g/mol. The zero-order valence-electron chi connectivity index (χ0n) is 9.14. The van der Waals surface area contributed by atoms with Gasteiger partial charge in [-0.15, -0.1) is 0 Å². The Bertz CT molecular complexity index is 431. The number of sulfonamides is 1. The molecule has 5 nitrogen and oxygen atoms in total. The molecule has 0 aliphatic heterocycles. The van der Waals surface area contributed by atoms with E-state index >= 15 is 0 Å². The summed E-state index contributed by atoms with van der Waals surface area (Å²) in [5.74, 6) is 0.638. The van der Waals surface area contributed by atoms with Crippen molar-refractivity contribution >= 4 is 15.7 Å². The molecule has 6 heteroatoms. The average molecular weight is 244 g/mol. The summed E-state index contributed by atoms with van der Waals surface area (Å²) < 4.78 is 29.9. The van der Waals surface area contributed by atoms with Gasteiger partial charge in [0.1, 0.15) is 12.4 Å². The average Bonchev–Trinajstić information content (AvgIpc) is 2.27. The quantitative estimate of drug-likeness (QED) is 0.567. The molecule has 1 rings (SSSR count). The molecule has 0 atom stereocenters. The van der Waals surface area contributed by atoms with Crippen molar-refractivity contribution in [1.82, 2.24) is 4.72 Å². The summed E-state index contributed by atoms with van der Waals surface area (Å²) >= 11 is 0. The number of para-hydroxylation sites is 2. The molecule has 3 N–H and O–H groups in total. The molecular formula is C10H16N2O3S. The number of hydrogen-bond donors (Lipinski definition) is 2. The van der Waals surface area contributed by atoms with E-state index in [-0.39, 0.29) is 18.9 Å². The first-order chi connectivity index (χ1) is 7.55. The highest BCUT2D eigenvalue weighted by atomic mass is 32.2. The van der Waals surface area contributed by atoms with Crippen LogP contribution in [0.25, 0.3) is 0 Å². The van der Waals surface area contributed by atoms with Crippen LogP contribution in [0.3, 0.4) is 0 Å². The lowest BCUT2D eigenvalue weighted by molar-refractivity contribution is 0.324. The second-order valence-electron chi connectivity index (χ2n) is 3.18. The number of benzene rings is 1. The topological polar surface area (TPSA) is 81.4 Å². The minimum Gasteiger partial charge on any atom is -0.490 e. The van der Waals surface area contributed by atoms with E-state index in [0.717, 1.165) is 0 Å². The summed E-state index contributed by atoms with van der Waals surface area (Å²) in [4.78, 5) is 0. The van der Waals surface area contributed by atoms with Crippen LogP contribution >= 0.6 is 0 Å². The molecule has 1 aromatic rings. The maximum Gasteiger partial charge on any atom is 0.211 e. The van der Waals surface area contributed by atoms with Crippen LogP contribution in [0.1, 0.15) is 6.92 Å². The van der Waals surface area contributed by atoms with Gasteiger partial charge in [-0.05, 0) is 19.1 Å². The van der Waals surface area contributed by atoms with Crippen LogP contribution in [0.15, 0.2) is 24.3 Å². The number of hydrogen-bond acceptors (Lipinski definition) is 4. The largest absolute Gasteiger partial charge is 0.490 e. The lowest BCUT2D eigenvalue weighted by Gasteiger charge is -2.09. The minimum absolute atomic E-state index is 0.0699. The van der Waals surface area contributed by atoms with Crippen LogP contribution in [-0.2, 0) is 10.0 Å². The van der Waals surface area contributed by atoms with Crippen molar-refractivity contribution < 1.29 is 13.2 Å². The zero-order chi connectivity index (χ0) is 12.0. The summed E-state index contributed by atoms with van der Waals surface area (Å²) in [7, 11) is -3.15. The Morgan fingerprint density at radius 2 is 2.06 bits per heavy atom. The lowest BCUT2D eigenvalue weighted by atomic mass is 10.3. The molecule has 0 aromatic heterocycles. The van der Waals surface area contributed by atoms with Crippen LogP contribution in [0.4, 0.5) is 5.69 Å². The summed E-state index contributed by atoms with van der Waals surface area (Å²) in [5.41, 5.74) is 6.19. The monoisotopic (exact) mass is 244 g/mol. The molecule has 0 aliphatic rings. The predicted molar refractivity (Wildman–Crippen MR) is 63.8 cm³/mol. The fourth-order valence-electron chi connectivity index (χ4n) is 1.07. The smallest absolute Gasteiger partial charge is 0.211 e. The summed E-state index contributed by atoms with van der Waals surface area (Å²) in [6.07, 6.45) is 0. The molecule has 0 fully saturated rings. The molecule has 0 spiro atoms. The van der Waals surface area contributed by atoms with Crippen molar-refractivity contribution in [1.29, 1.82) is 0 Å². The highest BCUT2D eigenvalue weighted by Gasteiger charge is 2.05. The molecule has 1 aromatic carbocycles. The van der Waals surface area contributed by atoms with Crippen molar-refractivity contribution in [2.75, 3.05) is 24.6 Å². The van der Waals surface area contributed by atoms with Gasteiger partial charge in [-0.2, -0.15) is 0 Å². The van der Waals surface area contributed by atoms with Crippen molar-refractivity contribution in [3.8, 4) is 5.75 Å². The van der Waals surface area contributed by atoms with E-state index in [9.17, 15) is 8.42 Å². The molecule has 0 amide bonds. The first-order valence-corrected chi connectivity index (χ1v) is 6.65. The standard InChI is InChI=1S/C10H16N2O3S/c1-2-16(13,14)12-7-8-15-10-6-4-3-5-9(10)11/h3-6,12H,2,7-8,11H2,1H3. The summed E-state index contributed by atoms with van der Waals surface area (Å²) in [5, 5.41) is 0. The van der Waals surface area contributed by atoms with Crippen LogP contribution in [0.5, 0.6) is 5.75 Å². The Balaban J connectivity index is 2.35. The third-order valence-corrected chi connectivity index (χ3v) is 3.38. The van der Waals surface area contributed by atoms with Gasteiger partial charge in [-0.1, -0.05) is 12.1 Å². The Kier molecular flexibility index (Phi) is 4.57. The third-order valence-electron chi connectivity index (χ3n) is 1.98. The van der Waals surface area contributed by atoms with Crippen molar-refractivity contribution in [2.45, 2.75) is 6.92 Å². The van der Waals surface area contributed by atoms with Gasteiger partial charge >= 0.3 is 0 Å². The number of rotatable bonds is 6. The van der Waals surface area contributed by atoms with Gasteiger partial charge in [0, 0.05) is 6.54 Å². The maximum absolute atomic E-state index is 11.1. The van der Waals surface area contributed by atoms with Crippen LogP contribution in [0.2, 0.25) is 0 Å². The zero-order valence-corrected chi connectivity index (χ0v) is 9.96. The van der Waals surface area contributed by atoms with Gasteiger partial charge < -0.3 is 10.5 Å². The fourth-order valence-corrected chi connectivity index (χ4v) is 1.67. The number of anilines is 1. The Morgan fingerprint density at radius 1 is 1.38 bits per heavy atom. The fraction of sp³-hybridized carbons (Fsp3) is 0.400. The van der Waals surface area contributed by atoms with Gasteiger partial charge in [0.2, 0.25) is 10.0 Å². The molecule has 0 saturated heterocycles. The van der Waals surface area contributed by atoms with E-state index in [1.54, 1.807) is 19.1 Å². The Hall–Kier alpha value is -1.27. The molecule has 0 saturated carbocycles. The van der Waals surface area contributed by atoms with Crippen LogP contribution in [0, 0.1) is 0 Å². The van der Waals surface area contributed by atoms with Gasteiger partial charge in [-0.3, -0.25) is 0 Å². The number of ether oxygens (including phenoxy) is 1. The number of nitrogens with two attached hydrogens (primary N) is 1. The molecule has 16 heavy (non-hydrogen) atoms. The second kappa shape index (κ2) is 5.72. The van der Waals surface area contributed by atoms with E-state index in [1.807, 2.05) is 12.1 Å². The van der Waals surface area contributed by atoms with E-state index in [0.29, 0.717) is 11.4 Å². The van der Waals surface area contributed by atoms with E-state index in [4.69, 9.17) is 10.5 Å². The Morgan fingerprint density at radius 3 is 2.69 bits per heavy atom. The SMILES string of the molecule is CCS(=O)(=O)NCCOc1ccccc1N. The minimum atomic E-state index is -3.15. The highest BCUT2D eigenvalue weighted by molar-refractivity contribution is 7.89.